The van der Waals surface area contributed by atoms with Crippen molar-refractivity contribution >= 4 is 34.5 Å². The Balaban J connectivity index is 1.59. The van der Waals surface area contributed by atoms with Crippen LogP contribution < -0.4 is 0 Å². The van der Waals surface area contributed by atoms with Crippen LogP contribution in [-0.2, 0) is 4.74 Å². The molecule has 0 saturated carbocycles. The highest BCUT2D eigenvalue weighted by atomic mass is 32.2. The number of thioether (sulfide) groups is 1. The summed E-state index contributed by atoms with van der Waals surface area (Å²) >= 11 is 1.29. The largest absolute Gasteiger partial charge is 0.461 e. The topological polar surface area (TPSA) is 108 Å². The van der Waals surface area contributed by atoms with Crippen LogP contribution in [0.4, 0.5) is 10.1 Å². The third-order valence-electron chi connectivity index (χ3n) is 3.21. The van der Waals surface area contributed by atoms with Gasteiger partial charge in [0.05, 0.1) is 10.5 Å². The van der Waals surface area contributed by atoms with Gasteiger partial charge in [-0.05, 0) is 40.6 Å². The quantitative estimate of drug-likeness (QED) is 0.216. The van der Waals surface area contributed by atoms with E-state index >= 15 is 0 Å². The van der Waals surface area contributed by atoms with Crippen molar-refractivity contribution in [1.82, 2.24) is 10.3 Å². The molecule has 8 nitrogen and oxygen atoms in total. The van der Waals surface area contributed by atoms with Gasteiger partial charge in [-0.15, -0.1) is 11.8 Å². The second kappa shape index (κ2) is 7.26. The Morgan fingerprint density at radius 3 is 2.64 bits per heavy atom. The Labute approximate surface area is 144 Å². The smallest absolute Gasteiger partial charge is 0.338 e. The Morgan fingerprint density at radius 1 is 1.20 bits per heavy atom. The Kier molecular flexibility index (Phi) is 4.89. The SMILES string of the molecule is O=C(OCCSc1ccc([N+](=O)[O-])c2nonc12)c1ccc(F)cc1. The molecule has 0 aliphatic carbocycles. The fourth-order valence-electron chi connectivity index (χ4n) is 2.05. The van der Waals surface area contributed by atoms with Gasteiger partial charge in [0.25, 0.3) is 0 Å². The number of rotatable bonds is 6. The van der Waals surface area contributed by atoms with Gasteiger partial charge in [-0.3, -0.25) is 10.1 Å². The highest BCUT2D eigenvalue weighted by Crippen LogP contribution is 2.31. The van der Waals surface area contributed by atoms with Gasteiger partial charge in [-0.25, -0.2) is 13.8 Å². The minimum atomic E-state index is -0.564. The van der Waals surface area contributed by atoms with Crippen molar-refractivity contribution in [2.75, 3.05) is 12.4 Å². The predicted molar refractivity (Wildman–Crippen MR) is 85.9 cm³/mol. The van der Waals surface area contributed by atoms with Crippen molar-refractivity contribution in [1.29, 1.82) is 0 Å². The van der Waals surface area contributed by atoms with E-state index in [-0.39, 0.29) is 28.9 Å². The molecule has 0 aliphatic heterocycles. The number of carbonyl (C=O) groups is 1. The number of ether oxygens (including phenoxy) is 1. The van der Waals surface area contributed by atoms with Crippen molar-refractivity contribution in [3.63, 3.8) is 0 Å². The average Bonchev–Trinajstić information content (AvgIpc) is 3.08. The number of halogens is 1. The number of fused-ring (bicyclic) bond motifs is 1. The van der Waals surface area contributed by atoms with Gasteiger partial charge < -0.3 is 4.74 Å². The number of nitro benzene ring substituents is 1. The maximum atomic E-state index is 12.8. The first kappa shape index (κ1) is 16.8. The van der Waals surface area contributed by atoms with E-state index in [4.69, 9.17) is 4.74 Å². The molecule has 3 rings (SSSR count). The van der Waals surface area contributed by atoms with Gasteiger partial charge in [0.1, 0.15) is 12.4 Å². The average molecular weight is 363 g/mol. The Hall–Kier alpha value is -3.01. The molecular weight excluding hydrogens is 353 g/mol. The van der Waals surface area contributed by atoms with Gasteiger partial charge in [-0.2, -0.15) is 0 Å². The molecule has 0 N–H and O–H groups in total. The third kappa shape index (κ3) is 3.74. The highest BCUT2D eigenvalue weighted by molar-refractivity contribution is 7.99. The van der Waals surface area contributed by atoms with Gasteiger partial charge in [0.2, 0.25) is 5.52 Å². The number of esters is 1. The number of non-ortho nitro benzene ring substituents is 1. The van der Waals surface area contributed by atoms with Crippen LogP contribution in [0, 0.1) is 15.9 Å². The molecule has 0 fully saturated rings. The summed E-state index contributed by atoms with van der Waals surface area (Å²) in [5.74, 6) is -0.597. The lowest BCUT2D eigenvalue weighted by atomic mass is 10.2. The van der Waals surface area contributed by atoms with Gasteiger partial charge >= 0.3 is 11.7 Å². The van der Waals surface area contributed by atoms with Crippen molar-refractivity contribution in [3.8, 4) is 0 Å². The van der Waals surface area contributed by atoms with Crippen LogP contribution in [0.15, 0.2) is 45.9 Å². The molecule has 0 amide bonds. The summed E-state index contributed by atoms with van der Waals surface area (Å²) in [6.07, 6.45) is 0. The second-order valence-electron chi connectivity index (χ2n) is 4.79. The predicted octanol–water partition coefficient (Wildman–Crippen LogP) is 3.22. The van der Waals surface area contributed by atoms with Crippen LogP contribution >= 0.6 is 11.8 Å². The maximum absolute atomic E-state index is 12.8. The summed E-state index contributed by atoms with van der Waals surface area (Å²) in [7, 11) is 0. The lowest BCUT2D eigenvalue weighted by Crippen LogP contribution is -2.07. The van der Waals surface area contributed by atoms with Crippen LogP contribution in [0.5, 0.6) is 0 Å². The summed E-state index contributed by atoms with van der Waals surface area (Å²) in [5, 5.41) is 18.1. The minimum absolute atomic E-state index is 0.0679. The summed E-state index contributed by atoms with van der Waals surface area (Å²) < 4.78 is 22.5. The molecule has 0 unspecified atom stereocenters. The van der Waals surface area contributed by atoms with Gasteiger partial charge in [0, 0.05) is 16.7 Å². The lowest BCUT2D eigenvalue weighted by Gasteiger charge is -2.05. The van der Waals surface area contributed by atoms with Crippen molar-refractivity contribution < 1.29 is 23.5 Å². The Bertz CT molecular complexity index is 929. The molecule has 0 atom stereocenters. The zero-order valence-electron chi connectivity index (χ0n) is 12.5. The van der Waals surface area contributed by atoms with Crippen molar-refractivity contribution in [2.45, 2.75) is 4.90 Å². The molecule has 0 radical (unpaired) electrons. The molecule has 2 aromatic carbocycles. The van der Waals surface area contributed by atoms with Gasteiger partial charge in [-0.1, -0.05) is 0 Å². The van der Waals surface area contributed by atoms with E-state index in [1.165, 1.54) is 48.2 Å². The van der Waals surface area contributed by atoms with Crippen LogP contribution in [-0.4, -0.2) is 33.6 Å². The normalized spacial score (nSPS) is 10.8. The first-order valence-electron chi connectivity index (χ1n) is 7.01. The number of hydrogen-bond donors (Lipinski definition) is 0. The van der Waals surface area contributed by atoms with Crippen LogP contribution in [0.1, 0.15) is 10.4 Å². The molecule has 1 heterocycles. The van der Waals surface area contributed by atoms with Crippen molar-refractivity contribution in [2.24, 2.45) is 0 Å². The number of nitrogens with zero attached hydrogens (tertiary/aromatic N) is 3. The fraction of sp³-hybridized carbons (Fsp3) is 0.133. The molecular formula is C15H10FN3O5S. The molecule has 0 spiro atoms. The van der Waals surface area contributed by atoms with E-state index in [9.17, 15) is 19.3 Å². The van der Waals surface area contributed by atoms with E-state index in [0.717, 1.165) is 0 Å². The fourth-order valence-corrected chi connectivity index (χ4v) is 2.87. The minimum Gasteiger partial charge on any atom is -0.461 e. The summed E-state index contributed by atoms with van der Waals surface area (Å²) in [6.45, 7) is 0.102. The lowest BCUT2D eigenvalue weighted by molar-refractivity contribution is -0.383. The van der Waals surface area contributed by atoms with Crippen molar-refractivity contribution in [3.05, 3.63) is 57.9 Å². The van der Waals surface area contributed by atoms with E-state index in [0.29, 0.717) is 10.6 Å². The van der Waals surface area contributed by atoms with Crippen LogP contribution in [0.3, 0.4) is 0 Å². The molecule has 0 aliphatic rings. The zero-order chi connectivity index (χ0) is 17.8. The maximum Gasteiger partial charge on any atom is 0.338 e. The first-order valence-corrected chi connectivity index (χ1v) is 8.00. The van der Waals surface area contributed by atoms with E-state index in [1.54, 1.807) is 0 Å². The number of carbonyl (C=O) groups excluding carboxylic acids is 1. The van der Waals surface area contributed by atoms with E-state index in [2.05, 4.69) is 14.9 Å². The van der Waals surface area contributed by atoms with E-state index < -0.39 is 16.7 Å². The molecule has 3 aromatic rings. The molecule has 0 saturated heterocycles. The zero-order valence-corrected chi connectivity index (χ0v) is 13.4. The summed E-state index contributed by atoms with van der Waals surface area (Å²) in [6, 6.07) is 7.89. The van der Waals surface area contributed by atoms with Crippen LogP contribution in [0.25, 0.3) is 11.0 Å². The standard InChI is InChI=1S/C15H10FN3O5S/c16-10-3-1-9(2-4-10)15(20)23-7-8-25-12-6-5-11(19(21)22)13-14(12)18-24-17-13/h1-6H,7-8H2. The Morgan fingerprint density at radius 2 is 1.92 bits per heavy atom. The highest BCUT2D eigenvalue weighted by Gasteiger charge is 2.19. The first-order chi connectivity index (χ1) is 12.1. The molecule has 10 heteroatoms. The monoisotopic (exact) mass is 363 g/mol. The number of benzene rings is 2. The number of aromatic nitrogens is 2. The van der Waals surface area contributed by atoms with Crippen LogP contribution in [0.2, 0.25) is 0 Å². The number of hydrogen-bond acceptors (Lipinski definition) is 8. The summed E-state index contributed by atoms with van der Waals surface area (Å²) in [4.78, 5) is 22.8. The second-order valence-corrected chi connectivity index (χ2v) is 5.93. The molecule has 1 aromatic heterocycles. The number of nitro groups is 1. The van der Waals surface area contributed by atoms with Gasteiger partial charge in [0.15, 0.2) is 5.52 Å². The van der Waals surface area contributed by atoms with E-state index in [1.807, 2.05) is 0 Å². The molecule has 25 heavy (non-hydrogen) atoms. The molecule has 0 bridgehead atoms. The third-order valence-corrected chi connectivity index (χ3v) is 4.22. The summed E-state index contributed by atoms with van der Waals surface area (Å²) in [5.41, 5.74) is 0.413. The molecule has 128 valence electrons.